The zero-order valence-corrected chi connectivity index (χ0v) is 15.2. The van der Waals surface area contributed by atoms with Crippen molar-refractivity contribution in [2.45, 2.75) is 25.8 Å². The molecule has 1 fully saturated rings. The molecule has 5 heteroatoms. The average molecular weight is 352 g/mol. The zero-order valence-electron chi connectivity index (χ0n) is 15.2. The number of nitrogens with zero attached hydrogens (tertiary/aromatic N) is 1. The summed E-state index contributed by atoms with van der Waals surface area (Å²) in [7, 11) is 1.64. The highest BCUT2D eigenvalue weighted by atomic mass is 16.5. The third-order valence-electron chi connectivity index (χ3n) is 4.77. The van der Waals surface area contributed by atoms with Gasteiger partial charge in [0.25, 0.3) is 5.91 Å². The van der Waals surface area contributed by atoms with E-state index in [4.69, 9.17) is 4.74 Å². The van der Waals surface area contributed by atoms with E-state index in [1.54, 1.807) is 7.11 Å². The van der Waals surface area contributed by atoms with Crippen LogP contribution in [0.15, 0.2) is 48.5 Å². The predicted octanol–water partition coefficient (Wildman–Crippen LogP) is 2.58. The number of methoxy groups -OCH3 is 1. The molecule has 0 aromatic heterocycles. The molecule has 1 saturated heterocycles. The van der Waals surface area contributed by atoms with Crippen LogP contribution in [0, 0.1) is 6.92 Å². The monoisotopic (exact) mass is 352 g/mol. The van der Waals surface area contributed by atoms with Crippen molar-refractivity contribution in [1.29, 1.82) is 0 Å². The Morgan fingerprint density at radius 1 is 1.19 bits per heavy atom. The molecule has 2 aromatic rings. The van der Waals surface area contributed by atoms with Gasteiger partial charge in [0.2, 0.25) is 5.91 Å². The lowest BCUT2D eigenvalue weighted by molar-refractivity contribution is -0.127. The summed E-state index contributed by atoms with van der Waals surface area (Å²) < 4.78 is 5.16. The summed E-state index contributed by atoms with van der Waals surface area (Å²) in [5, 5.41) is 2.99. The molecule has 1 aliphatic heterocycles. The number of likely N-dealkylation sites (tertiary alicyclic amines) is 1. The molecule has 0 spiro atoms. The molecule has 1 unspecified atom stereocenters. The largest absolute Gasteiger partial charge is 0.497 e. The third-order valence-corrected chi connectivity index (χ3v) is 4.77. The molecule has 26 heavy (non-hydrogen) atoms. The number of aryl methyl sites for hydroxylation is 1. The van der Waals surface area contributed by atoms with Crippen LogP contribution in [0.25, 0.3) is 0 Å². The molecule has 2 aromatic carbocycles. The highest BCUT2D eigenvalue weighted by Crippen LogP contribution is 2.16. The lowest BCUT2D eigenvalue weighted by atomic mass is 10.1. The van der Waals surface area contributed by atoms with Crippen LogP contribution in [0.2, 0.25) is 0 Å². The molecule has 0 bridgehead atoms. The van der Waals surface area contributed by atoms with Gasteiger partial charge in [-0.25, -0.2) is 0 Å². The smallest absolute Gasteiger partial charge is 0.251 e. The van der Waals surface area contributed by atoms with E-state index >= 15 is 0 Å². The first-order valence-electron chi connectivity index (χ1n) is 8.84. The first-order chi connectivity index (χ1) is 12.6. The van der Waals surface area contributed by atoms with E-state index in [0.717, 1.165) is 23.3 Å². The molecular formula is C21H24N2O3. The molecule has 2 amide bonds. The fourth-order valence-electron chi connectivity index (χ4n) is 3.23. The summed E-state index contributed by atoms with van der Waals surface area (Å²) in [6, 6.07) is 15.2. The van der Waals surface area contributed by atoms with Crippen LogP contribution >= 0.6 is 0 Å². The molecule has 1 atom stereocenters. The van der Waals surface area contributed by atoms with Gasteiger partial charge >= 0.3 is 0 Å². The molecule has 1 aliphatic rings. The SMILES string of the molecule is COc1ccc(CCN2CC(NC(=O)c3ccccc3C)CC2=O)cc1. The van der Waals surface area contributed by atoms with Crippen LogP contribution in [0.5, 0.6) is 5.75 Å². The molecule has 1 N–H and O–H groups in total. The number of hydrogen-bond donors (Lipinski definition) is 1. The van der Waals surface area contributed by atoms with Crippen molar-refractivity contribution in [3.63, 3.8) is 0 Å². The van der Waals surface area contributed by atoms with Gasteiger partial charge in [-0.05, 0) is 42.7 Å². The lowest BCUT2D eigenvalue weighted by Gasteiger charge is -2.17. The van der Waals surface area contributed by atoms with Crippen LogP contribution in [-0.4, -0.2) is 43.0 Å². The standard InChI is InChI=1S/C21H24N2O3/c1-15-5-3-4-6-19(15)21(25)22-17-13-20(24)23(14-17)12-11-16-7-9-18(26-2)10-8-16/h3-10,17H,11-14H2,1-2H3,(H,22,25). The van der Waals surface area contributed by atoms with Crippen LogP contribution in [-0.2, 0) is 11.2 Å². The maximum absolute atomic E-state index is 12.4. The normalized spacial score (nSPS) is 16.6. The van der Waals surface area contributed by atoms with Crippen LogP contribution < -0.4 is 10.1 Å². The van der Waals surface area contributed by atoms with Crippen LogP contribution in [0.4, 0.5) is 0 Å². The number of hydrogen-bond acceptors (Lipinski definition) is 3. The van der Waals surface area contributed by atoms with Crippen molar-refractivity contribution >= 4 is 11.8 Å². The van der Waals surface area contributed by atoms with E-state index < -0.39 is 0 Å². The molecule has 1 heterocycles. The minimum absolute atomic E-state index is 0.0913. The highest BCUT2D eigenvalue weighted by molar-refractivity contribution is 5.96. The Morgan fingerprint density at radius 2 is 1.92 bits per heavy atom. The summed E-state index contributed by atoms with van der Waals surface area (Å²) in [5.74, 6) is 0.802. The number of amides is 2. The molecule has 3 rings (SSSR count). The summed E-state index contributed by atoms with van der Waals surface area (Å²) in [6.45, 7) is 3.13. The predicted molar refractivity (Wildman–Crippen MR) is 100 cm³/mol. The maximum Gasteiger partial charge on any atom is 0.251 e. The fraction of sp³-hybridized carbons (Fsp3) is 0.333. The number of nitrogens with one attached hydrogen (secondary N) is 1. The second-order valence-corrected chi connectivity index (χ2v) is 6.63. The average Bonchev–Trinajstić information content (AvgIpc) is 2.99. The van der Waals surface area contributed by atoms with Gasteiger partial charge in [0, 0.05) is 25.1 Å². The van der Waals surface area contributed by atoms with Crippen molar-refractivity contribution < 1.29 is 14.3 Å². The Hall–Kier alpha value is -2.82. The zero-order chi connectivity index (χ0) is 18.5. The van der Waals surface area contributed by atoms with Gasteiger partial charge in [0.05, 0.1) is 13.2 Å². The highest BCUT2D eigenvalue weighted by Gasteiger charge is 2.30. The Labute approximate surface area is 154 Å². The van der Waals surface area contributed by atoms with Crippen molar-refractivity contribution in [3.8, 4) is 5.75 Å². The number of carbonyl (C=O) groups excluding carboxylic acids is 2. The second-order valence-electron chi connectivity index (χ2n) is 6.63. The van der Waals surface area contributed by atoms with Crippen LogP contribution in [0.1, 0.15) is 27.9 Å². The fourth-order valence-corrected chi connectivity index (χ4v) is 3.23. The van der Waals surface area contributed by atoms with E-state index in [9.17, 15) is 9.59 Å². The van der Waals surface area contributed by atoms with Gasteiger partial charge < -0.3 is 15.0 Å². The first-order valence-corrected chi connectivity index (χ1v) is 8.84. The van der Waals surface area contributed by atoms with Crippen molar-refractivity contribution in [2.24, 2.45) is 0 Å². The summed E-state index contributed by atoms with van der Waals surface area (Å²) in [5.41, 5.74) is 2.76. The summed E-state index contributed by atoms with van der Waals surface area (Å²) in [4.78, 5) is 26.5. The summed E-state index contributed by atoms with van der Waals surface area (Å²) >= 11 is 0. The van der Waals surface area contributed by atoms with E-state index in [2.05, 4.69) is 5.32 Å². The first kappa shape index (κ1) is 18.0. The van der Waals surface area contributed by atoms with Gasteiger partial charge in [-0.1, -0.05) is 30.3 Å². The minimum atomic E-state index is -0.134. The molecule has 136 valence electrons. The lowest BCUT2D eigenvalue weighted by Crippen LogP contribution is -2.37. The minimum Gasteiger partial charge on any atom is -0.497 e. The van der Waals surface area contributed by atoms with E-state index in [1.807, 2.05) is 60.4 Å². The molecule has 0 radical (unpaired) electrons. The Kier molecular flexibility index (Phi) is 5.56. The Balaban J connectivity index is 1.53. The molecular weight excluding hydrogens is 328 g/mol. The van der Waals surface area contributed by atoms with Crippen molar-refractivity contribution in [3.05, 3.63) is 65.2 Å². The van der Waals surface area contributed by atoms with Gasteiger partial charge in [-0.2, -0.15) is 0 Å². The quantitative estimate of drug-likeness (QED) is 0.869. The summed E-state index contributed by atoms with van der Waals surface area (Å²) in [6.07, 6.45) is 1.15. The van der Waals surface area contributed by atoms with E-state index in [0.29, 0.717) is 25.1 Å². The van der Waals surface area contributed by atoms with Crippen molar-refractivity contribution in [2.75, 3.05) is 20.2 Å². The number of ether oxygens (including phenoxy) is 1. The maximum atomic E-state index is 12.4. The number of benzene rings is 2. The number of rotatable bonds is 6. The van der Waals surface area contributed by atoms with Gasteiger partial charge in [-0.3, -0.25) is 9.59 Å². The topological polar surface area (TPSA) is 58.6 Å². The van der Waals surface area contributed by atoms with Crippen LogP contribution in [0.3, 0.4) is 0 Å². The van der Waals surface area contributed by atoms with Gasteiger partial charge in [0.15, 0.2) is 0 Å². The Morgan fingerprint density at radius 3 is 2.62 bits per heavy atom. The molecule has 0 saturated carbocycles. The van der Waals surface area contributed by atoms with Gasteiger partial charge in [0.1, 0.15) is 5.75 Å². The molecule has 0 aliphatic carbocycles. The molecule has 5 nitrogen and oxygen atoms in total. The second kappa shape index (κ2) is 8.04. The third kappa shape index (κ3) is 4.23. The van der Waals surface area contributed by atoms with E-state index in [-0.39, 0.29) is 17.9 Å². The number of carbonyl (C=O) groups is 2. The van der Waals surface area contributed by atoms with Crippen molar-refractivity contribution in [1.82, 2.24) is 10.2 Å². The van der Waals surface area contributed by atoms with E-state index in [1.165, 1.54) is 0 Å². The van der Waals surface area contributed by atoms with Gasteiger partial charge in [-0.15, -0.1) is 0 Å². The Bertz CT molecular complexity index is 786.